The fourth-order valence-corrected chi connectivity index (χ4v) is 5.70. The van der Waals surface area contributed by atoms with Gasteiger partial charge in [-0.15, -0.1) is 0 Å². The number of rotatable bonds is 6. The molecule has 1 aromatic rings. The van der Waals surface area contributed by atoms with E-state index >= 15 is 0 Å². The summed E-state index contributed by atoms with van der Waals surface area (Å²) in [7, 11) is 0. The molecule has 0 saturated carbocycles. The van der Waals surface area contributed by atoms with E-state index in [0.29, 0.717) is 10.5 Å². The maximum atomic E-state index is 6.46. The maximum absolute atomic E-state index is 6.46. The molecule has 1 saturated heterocycles. The van der Waals surface area contributed by atoms with Gasteiger partial charge >= 0.3 is 0 Å². The van der Waals surface area contributed by atoms with Crippen molar-refractivity contribution >= 4 is 23.5 Å². The molecular formula is C13H24N4S2. The van der Waals surface area contributed by atoms with E-state index in [1.165, 1.54) is 17.9 Å². The molecule has 2 rings (SSSR count). The molecule has 6 heteroatoms. The van der Waals surface area contributed by atoms with Crippen LogP contribution in [0.4, 0.5) is 0 Å². The molecule has 0 aromatic carbocycles. The minimum absolute atomic E-state index is 0.183. The van der Waals surface area contributed by atoms with E-state index in [4.69, 9.17) is 5.73 Å². The van der Waals surface area contributed by atoms with Crippen LogP contribution >= 0.6 is 23.5 Å². The van der Waals surface area contributed by atoms with Crippen molar-refractivity contribution in [1.29, 1.82) is 0 Å². The molecule has 1 fully saturated rings. The highest BCUT2D eigenvalue weighted by atomic mass is 32.2. The second kappa shape index (κ2) is 7.55. The molecule has 0 spiro atoms. The van der Waals surface area contributed by atoms with Crippen LogP contribution in [-0.4, -0.2) is 42.8 Å². The third-order valence-corrected chi connectivity index (χ3v) is 6.89. The molecule has 2 N–H and O–H groups in total. The van der Waals surface area contributed by atoms with E-state index in [1.807, 2.05) is 16.4 Å². The van der Waals surface area contributed by atoms with Crippen molar-refractivity contribution in [2.24, 2.45) is 5.73 Å². The summed E-state index contributed by atoms with van der Waals surface area (Å²) in [4.78, 5) is 4.38. The molecule has 3 unspecified atom stereocenters. The molecule has 1 aromatic heterocycles. The van der Waals surface area contributed by atoms with Gasteiger partial charge in [0.15, 0.2) is 0 Å². The number of nitrogens with two attached hydrogens (primary N) is 1. The average Bonchev–Trinajstić information content (AvgIpc) is 2.86. The van der Waals surface area contributed by atoms with Gasteiger partial charge in [-0.2, -0.15) is 28.6 Å². The van der Waals surface area contributed by atoms with Gasteiger partial charge in [0.05, 0.1) is 0 Å². The predicted octanol–water partition coefficient (Wildman–Crippen LogP) is 2.19. The summed E-state index contributed by atoms with van der Waals surface area (Å²) in [6.45, 7) is 5.36. The number of nitrogens with zero attached hydrogens (tertiary/aromatic N) is 3. The number of thioether (sulfide) groups is 2. The molecule has 19 heavy (non-hydrogen) atoms. The summed E-state index contributed by atoms with van der Waals surface area (Å²) in [5.74, 6) is 3.53. The molecule has 0 amide bonds. The molecule has 0 radical (unpaired) electrons. The Hall–Kier alpha value is -0.200. The van der Waals surface area contributed by atoms with Crippen LogP contribution in [-0.2, 0) is 13.0 Å². The van der Waals surface area contributed by atoms with E-state index < -0.39 is 0 Å². The van der Waals surface area contributed by atoms with Crippen LogP contribution in [0.25, 0.3) is 0 Å². The van der Waals surface area contributed by atoms with Crippen molar-refractivity contribution in [3.8, 4) is 0 Å². The third kappa shape index (κ3) is 3.89. The van der Waals surface area contributed by atoms with Crippen LogP contribution in [0.5, 0.6) is 0 Å². The number of aryl methyl sites for hydroxylation is 1. The van der Waals surface area contributed by atoms with Gasteiger partial charge in [-0.05, 0) is 12.8 Å². The normalized spacial score (nSPS) is 25.4. The summed E-state index contributed by atoms with van der Waals surface area (Å²) in [6.07, 6.45) is 4.78. The van der Waals surface area contributed by atoms with Crippen LogP contribution < -0.4 is 5.73 Å². The lowest BCUT2D eigenvalue weighted by molar-refractivity contribution is 0.525. The van der Waals surface area contributed by atoms with E-state index in [0.717, 1.165) is 25.2 Å². The Labute approximate surface area is 124 Å². The Balaban J connectivity index is 1.98. The van der Waals surface area contributed by atoms with Crippen LogP contribution in [0.3, 0.4) is 0 Å². The Morgan fingerprint density at radius 3 is 2.95 bits per heavy atom. The second-order valence-corrected chi connectivity index (χ2v) is 7.55. The van der Waals surface area contributed by atoms with Crippen molar-refractivity contribution < 1.29 is 0 Å². The SMILES string of the molecule is CCCn1ncnc1CC(N)C1SCCSC1CC. The minimum Gasteiger partial charge on any atom is -0.326 e. The zero-order valence-corrected chi connectivity index (χ0v) is 13.4. The monoisotopic (exact) mass is 300 g/mol. The van der Waals surface area contributed by atoms with Crippen LogP contribution in [0, 0.1) is 0 Å². The summed E-state index contributed by atoms with van der Waals surface area (Å²) >= 11 is 4.12. The van der Waals surface area contributed by atoms with Gasteiger partial charge < -0.3 is 5.73 Å². The fourth-order valence-electron chi connectivity index (χ4n) is 2.51. The summed E-state index contributed by atoms with van der Waals surface area (Å²) in [5, 5.41) is 5.52. The summed E-state index contributed by atoms with van der Waals surface area (Å²) in [5.41, 5.74) is 6.46. The third-order valence-electron chi connectivity index (χ3n) is 3.47. The molecule has 1 aliphatic heterocycles. The van der Waals surface area contributed by atoms with Gasteiger partial charge in [-0.1, -0.05) is 13.8 Å². The summed E-state index contributed by atoms with van der Waals surface area (Å²) in [6, 6.07) is 0.183. The highest BCUT2D eigenvalue weighted by Gasteiger charge is 2.30. The molecule has 108 valence electrons. The highest BCUT2D eigenvalue weighted by molar-refractivity contribution is 8.07. The van der Waals surface area contributed by atoms with E-state index in [2.05, 4.69) is 35.7 Å². The lowest BCUT2D eigenvalue weighted by atomic mass is 10.1. The molecule has 1 aliphatic rings. The van der Waals surface area contributed by atoms with Gasteiger partial charge in [0.1, 0.15) is 12.2 Å². The van der Waals surface area contributed by atoms with E-state index in [-0.39, 0.29) is 6.04 Å². The first kappa shape index (κ1) is 15.2. The topological polar surface area (TPSA) is 56.7 Å². The number of aromatic nitrogens is 3. The molecule has 0 bridgehead atoms. The van der Waals surface area contributed by atoms with Gasteiger partial charge in [0.25, 0.3) is 0 Å². The zero-order valence-electron chi connectivity index (χ0n) is 11.8. The predicted molar refractivity (Wildman–Crippen MR) is 84.8 cm³/mol. The Morgan fingerprint density at radius 2 is 2.21 bits per heavy atom. The van der Waals surface area contributed by atoms with E-state index in [9.17, 15) is 0 Å². The fraction of sp³-hybridized carbons (Fsp3) is 0.846. The lowest BCUT2D eigenvalue weighted by Gasteiger charge is -2.34. The molecule has 4 nitrogen and oxygen atoms in total. The van der Waals surface area contributed by atoms with E-state index in [1.54, 1.807) is 6.33 Å². The lowest BCUT2D eigenvalue weighted by Crippen LogP contribution is -2.43. The Kier molecular flexibility index (Phi) is 6.04. The number of hydrogen-bond donors (Lipinski definition) is 1. The van der Waals surface area contributed by atoms with Crippen LogP contribution in [0.2, 0.25) is 0 Å². The smallest absolute Gasteiger partial charge is 0.138 e. The minimum atomic E-state index is 0.183. The zero-order chi connectivity index (χ0) is 13.7. The quantitative estimate of drug-likeness (QED) is 0.872. The maximum Gasteiger partial charge on any atom is 0.138 e. The van der Waals surface area contributed by atoms with Crippen LogP contribution in [0.15, 0.2) is 6.33 Å². The van der Waals surface area contributed by atoms with Crippen molar-refractivity contribution in [3.63, 3.8) is 0 Å². The molecule has 3 atom stereocenters. The molecule has 0 aliphatic carbocycles. The number of hydrogen-bond acceptors (Lipinski definition) is 5. The van der Waals surface area contributed by atoms with Crippen molar-refractivity contribution in [3.05, 3.63) is 12.2 Å². The van der Waals surface area contributed by atoms with Crippen molar-refractivity contribution in [2.45, 2.75) is 56.2 Å². The van der Waals surface area contributed by atoms with Crippen LogP contribution in [0.1, 0.15) is 32.5 Å². The first-order valence-electron chi connectivity index (χ1n) is 7.11. The average molecular weight is 300 g/mol. The van der Waals surface area contributed by atoms with Gasteiger partial charge in [0.2, 0.25) is 0 Å². The Morgan fingerprint density at radius 1 is 1.42 bits per heavy atom. The standard InChI is InChI=1S/C13H24N4S2/c1-3-5-17-12(15-9-16-17)8-10(14)13-11(4-2)18-6-7-19-13/h9-11,13H,3-8,14H2,1-2H3. The first-order chi connectivity index (χ1) is 9.26. The van der Waals surface area contributed by atoms with Gasteiger partial charge in [-0.3, -0.25) is 4.68 Å². The van der Waals surface area contributed by atoms with Crippen molar-refractivity contribution in [2.75, 3.05) is 11.5 Å². The molecule has 2 heterocycles. The second-order valence-electron chi connectivity index (χ2n) is 4.92. The van der Waals surface area contributed by atoms with Gasteiger partial charge in [-0.25, -0.2) is 4.98 Å². The van der Waals surface area contributed by atoms with Crippen molar-refractivity contribution in [1.82, 2.24) is 14.8 Å². The largest absolute Gasteiger partial charge is 0.326 e. The van der Waals surface area contributed by atoms with Gasteiger partial charge in [0, 0.05) is 41.0 Å². The first-order valence-corrected chi connectivity index (χ1v) is 9.21. The summed E-state index contributed by atoms with van der Waals surface area (Å²) < 4.78 is 2.00. The Bertz CT molecular complexity index is 382. The highest BCUT2D eigenvalue weighted by Crippen LogP contribution is 2.35. The molecular weight excluding hydrogens is 276 g/mol.